The SMILES string of the molecule is CC(O)(CNC(=O)c1nccn2ccnc12)C(F)(F)F. The van der Waals surface area contributed by atoms with Crippen LogP contribution in [0.2, 0.25) is 0 Å². The molecule has 0 saturated heterocycles. The Morgan fingerprint density at radius 2 is 1.95 bits per heavy atom. The maximum atomic E-state index is 12.5. The molecule has 1 unspecified atom stereocenters. The molecule has 0 aliphatic carbocycles. The fourth-order valence-electron chi connectivity index (χ4n) is 1.45. The first-order chi connectivity index (χ1) is 9.22. The second-order valence-electron chi connectivity index (χ2n) is 4.39. The number of carbonyl (C=O) groups excluding carboxylic acids is 1. The highest BCUT2D eigenvalue weighted by molar-refractivity contribution is 5.97. The minimum absolute atomic E-state index is 0.115. The van der Waals surface area contributed by atoms with E-state index in [2.05, 4.69) is 9.97 Å². The van der Waals surface area contributed by atoms with Crippen LogP contribution in [0.5, 0.6) is 0 Å². The summed E-state index contributed by atoms with van der Waals surface area (Å²) in [5.41, 5.74) is -2.91. The molecule has 0 spiro atoms. The van der Waals surface area contributed by atoms with E-state index in [4.69, 9.17) is 0 Å². The highest BCUT2D eigenvalue weighted by atomic mass is 19.4. The predicted molar refractivity (Wildman–Crippen MR) is 62.0 cm³/mol. The largest absolute Gasteiger partial charge is 0.418 e. The number of halogens is 3. The predicted octanol–water partition coefficient (Wildman–Crippen LogP) is 0.772. The van der Waals surface area contributed by atoms with Crippen LogP contribution in [-0.4, -0.2) is 43.7 Å². The third-order valence-electron chi connectivity index (χ3n) is 2.73. The molecule has 2 aromatic rings. The molecule has 0 saturated carbocycles. The van der Waals surface area contributed by atoms with Gasteiger partial charge < -0.3 is 14.8 Å². The monoisotopic (exact) mass is 288 g/mol. The van der Waals surface area contributed by atoms with Gasteiger partial charge in [0.15, 0.2) is 16.9 Å². The summed E-state index contributed by atoms with van der Waals surface area (Å²) >= 11 is 0. The number of hydrogen-bond acceptors (Lipinski definition) is 4. The zero-order valence-electron chi connectivity index (χ0n) is 10.3. The molecule has 0 aliphatic rings. The first-order valence-electron chi connectivity index (χ1n) is 5.57. The molecule has 0 bridgehead atoms. The zero-order chi connectivity index (χ0) is 15.0. The average Bonchev–Trinajstić information content (AvgIpc) is 2.82. The number of nitrogens with one attached hydrogen (secondary N) is 1. The summed E-state index contributed by atoms with van der Waals surface area (Å²) in [6.07, 6.45) is 1.03. The number of fused-ring (bicyclic) bond motifs is 1. The number of nitrogens with zero attached hydrogens (tertiary/aromatic N) is 3. The van der Waals surface area contributed by atoms with Crippen LogP contribution in [0.25, 0.3) is 5.65 Å². The molecule has 1 atom stereocenters. The van der Waals surface area contributed by atoms with Crippen molar-refractivity contribution in [2.75, 3.05) is 6.54 Å². The normalized spacial score (nSPS) is 15.1. The molecule has 2 N–H and O–H groups in total. The lowest BCUT2D eigenvalue weighted by molar-refractivity contribution is -0.249. The third-order valence-corrected chi connectivity index (χ3v) is 2.73. The highest BCUT2D eigenvalue weighted by Gasteiger charge is 2.50. The van der Waals surface area contributed by atoms with E-state index in [1.807, 2.05) is 5.32 Å². The number of aromatic nitrogens is 3. The van der Waals surface area contributed by atoms with E-state index in [9.17, 15) is 23.1 Å². The molecule has 0 radical (unpaired) electrons. The number of rotatable bonds is 3. The van der Waals surface area contributed by atoms with Crippen molar-refractivity contribution in [3.63, 3.8) is 0 Å². The van der Waals surface area contributed by atoms with Crippen molar-refractivity contribution < 1.29 is 23.1 Å². The molecule has 2 heterocycles. The first kappa shape index (κ1) is 14.3. The molecule has 2 aromatic heterocycles. The Kier molecular flexibility index (Phi) is 3.38. The maximum absolute atomic E-state index is 12.5. The van der Waals surface area contributed by atoms with E-state index in [1.54, 1.807) is 12.4 Å². The maximum Gasteiger partial charge on any atom is 0.418 e. The molecule has 0 fully saturated rings. The van der Waals surface area contributed by atoms with Gasteiger partial charge in [-0.1, -0.05) is 0 Å². The van der Waals surface area contributed by atoms with E-state index < -0.39 is 24.2 Å². The van der Waals surface area contributed by atoms with Gasteiger partial charge in [-0.3, -0.25) is 4.79 Å². The van der Waals surface area contributed by atoms with Gasteiger partial charge in [-0.15, -0.1) is 0 Å². The second kappa shape index (κ2) is 4.75. The number of carbonyl (C=O) groups is 1. The van der Waals surface area contributed by atoms with E-state index >= 15 is 0 Å². The molecular weight excluding hydrogens is 277 g/mol. The van der Waals surface area contributed by atoms with Crippen LogP contribution < -0.4 is 5.32 Å². The van der Waals surface area contributed by atoms with Crippen LogP contribution in [0.15, 0.2) is 24.8 Å². The van der Waals surface area contributed by atoms with Crippen molar-refractivity contribution in [2.24, 2.45) is 0 Å². The molecule has 1 amide bonds. The Bertz CT molecular complexity index is 636. The molecule has 2 rings (SSSR count). The standard InChI is InChI=1S/C11H11F3N4O2/c1-10(20,11(12,13)14)6-17-9(19)7-8-16-3-5-18(8)4-2-15-7/h2-5,20H,6H2,1H3,(H,17,19). The molecule has 9 heteroatoms. The Hall–Kier alpha value is -2.16. The molecule has 108 valence electrons. The van der Waals surface area contributed by atoms with Crippen LogP contribution in [0.1, 0.15) is 17.4 Å². The topological polar surface area (TPSA) is 79.5 Å². The third kappa shape index (κ3) is 2.57. The lowest BCUT2D eigenvalue weighted by Gasteiger charge is -2.26. The Labute approximate surface area is 111 Å². The minimum atomic E-state index is -4.84. The molecule has 6 nitrogen and oxygen atoms in total. The van der Waals surface area contributed by atoms with Crippen molar-refractivity contribution in [3.8, 4) is 0 Å². The zero-order valence-corrected chi connectivity index (χ0v) is 10.3. The van der Waals surface area contributed by atoms with Crippen LogP contribution in [0.4, 0.5) is 13.2 Å². The van der Waals surface area contributed by atoms with E-state index in [0.717, 1.165) is 0 Å². The highest BCUT2D eigenvalue weighted by Crippen LogP contribution is 2.29. The lowest BCUT2D eigenvalue weighted by atomic mass is 10.1. The van der Waals surface area contributed by atoms with Gasteiger partial charge in [0.25, 0.3) is 5.91 Å². The molecule has 0 aliphatic heterocycles. The van der Waals surface area contributed by atoms with Gasteiger partial charge >= 0.3 is 6.18 Å². The average molecular weight is 288 g/mol. The van der Waals surface area contributed by atoms with Crippen molar-refractivity contribution >= 4 is 11.6 Å². The number of amides is 1. The fraction of sp³-hybridized carbons (Fsp3) is 0.364. The summed E-state index contributed by atoms with van der Waals surface area (Å²) in [5.74, 6) is -0.841. The van der Waals surface area contributed by atoms with Gasteiger partial charge in [-0.25, -0.2) is 9.97 Å². The summed E-state index contributed by atoms with van der Waals surface area (Å²) in [6, 6.07) is 0. The Morgan fingerprint density at radius 3 is 2.55 bits per heavy atom. The van der Waals surface area contributed by atoms with Crippen molar-refractivity contribution in [2.45, 2.75) is 18.7 Å². The fourth-order valence-corrected chi connectivity index (χ4v) is 1.45. The van der Waals surface area contributed by atoms with Crippen molar-refractivity contribution in [1.82, 2.24) is 19.7 Å². The van der Waals surface area contributed by atoms with Crippen LogP contribution in [0, 0.1) is 0 Å². The van der Waals surface area contributed by atoms with Gasteiger partial charge in [0.1, 0.15) is 0 Å². The lowest BCUT2D eigenvalue weighted by Crippen LogP contribution is -2.51. The van der Waals surface area contributed by atoms with E-state index in [-0.39, 0.29) is 11.3 Å². The van der Waals surface area contributed by atoms with Crippen LogP contribution >= 0.6 is 0 Å². The van der Waals surface area contributed by atoms with Crippen molar-refractivity contribution in [1.29, 1.82) is 0 Å². The van der Waals surface area contributed by atoms with Gasteiger partial charge in [0.05, 0.1) is 6.54 Å². The van der Waals surface area contributed by atoms with Crippen molar-refractivity contribution in [3.05, 3.63) is 30.5 Å². The van der Waals surface area contributed by atoms with E-state index in [0.29, 0.717) is 6.92 Å². The van der Waals surface area contributed by atoms with Crippen LogP contribution in [-0.2, 0) is 0 Å². The molecule has 20 heavy (non-hydrogen) atoms. The van der Waals surface area contributed by atoms with Crippen LogP contribution in [0.3, 0.4) is 0 Å². The van der Waals surface area contributed by atoms with E-state index in [1.165, 1.54) is 16.8 Å². The number of imidazole rings is 1. The Morgan fingerprint density at radius 1 is 1.35 bits per heavy atom. The Balaban J connectivity index is 2.16. The summed E-state index contributed by atoms with van der Waals surface area (Å²) < 4.78 is 38.9. The first-order valence-corrected chi connectivity index (χ1v) is 5.57. The number of aliphatic hydroxyl groups is 1. The summed E-state index contributed by atoms with van der Waals surface area (Å²) in [5, 5.41) is 11.2. The summed E-state index contributed by atoms with van der Waals surface area (Å²) in [7, 11) is 0. The summed E-state index contributed by atoms with van der Waals surface area (Å²) in [4.78, 5) is 19.5. The minimum Gasteiger partial charge on any atom is -0.379 e. The van der Waals surface area contributed by atoms with Gasteiger partial charge in [-0.2, -0.15) is 13.2 Å². The molecule has 0 aromatic carbocycles. The number of alkyl halides is 3. The van der Waals surface area contributed by atoms with Gasteiger partial charge in [0, 0.05) is 24.8 Å². The smallest absolute Gasteiger partial charge is 0.379 e. The second-order valence-corrected chi connectivity index (χ2v) is 4.39. The molecular formula is C11H11F3N4O2. The quantitative estimate of drug-likeness (QED) is 0.874. The van der Waals surface area contributed by atoms with Gasteiger partial charge in [0.2, 0.25) is 0 Å². The number of hydrogen-bond donors (Lipinski definition) is 2. The summed E-state index contributed by atoms with van der Waals surface area (Å²) in [6.45, 7) is -0.393. The van der Waals surface area contributed by atoms with Gasteiger partial charge in [-0.05, 0) is 6.92 Å².